The summed E-state index contributed by atoms with van der Waals surface area (Å²) in [5.41, 5.74) is 8.06. The highest BCUT2D eigenvalue weighted by molar-refractivity contribution is 7.14. The lowest BCUT2D eigenvalue weighted by Gasteiger charge is -2.09. The number of nitrogens with one attached hydrogen (secondary N) is 3. The Morgan fingerprint density at radius 3 is 2.59 bits per heavy atom. The minimum atomic E-state index is -0.219. The molecular weight excluding hydrogens is 300 g/mol. The summed E-state index contributed by atoms with van der Waals surface area (Å²) >= 11 is 1.39. The number of benzene rings is 1. The third-order valence-electron chi connectivity index (χ3n) is 3.13. The van der Waals surface area contributed by atoms with Gasteiger partial charge in [-0.2, -0.15) is 0 Å². The van der Waals surface area contributed by atoms with E-state index in [1.807, 2.05) is 5.38 Å². The Kier molecular flexibility index (Phi) is 5.00. The van der Waals surface area contributed by atoms with Crippen LogP contribution < -0.4 is 21.7 Å². The maximum absolute atomic E-state index is 12.2. The molecule has 0 aliphatic carbocycles. The van der Waals surface area contributed by atoms with Crippen molar-refractivity contribution in [2.75, 3.05) is 30.5 Å². The SMILES string of the molecule is CNC(=O)c1c(CC(=O)Nc2ccccc2N)csc1NC. The Balaban J connectivity index is 2.17. The molecule has 0 aliphatic rings. The van der Waals surface area contributed by atoms with Gasteiger partial charge in [0.1, 0.15) is 5.00 Å². The zero-order valence-electron chi connectivity index (χ0n) is 12.4. The molecule has 1 aromatic heterocycles. The summed E-state index contributed by atoms with van der Waals surface area (Å²) in [6.45, 7) is 0. The standard InChI is InChI=1S/C15H18N4O2S/c1-17-14(21)13-9(8-22-15(13)18-2)7-12(20)19-11-6-4-3-5-10(11)16/h3-6,8,18H,7,16H2,1-2H3,(H,17,21)(H,19,20). The van der Waals surface area contributed by atoms with Crippen LogP contribution in [-0.4, -0.2) is 25.9 Å². The third kappa shape index (κ3) is 3.37. The number of hydrogen-bond acceptors (Lipinski definition) is 5. The molecule has 0 aliphatic heterocycles. The van der Waals surface area contributed by atoms with E-state index in [1.165, 1.54) is 11.3 Å². The lowest BCUT2D eigenvalue weighted by molar-refractivity contribution is -0.115. The maximum Gasteiger partial charge on any atom is 0.254 e. The van der Waals surface area contributed by atoms with Gasteiger partial charge >= 0.3 is 0 Å². The second kappa shape index (κ2) is 6.95. The second-order valence-electron chi connectivity index (χ2n) is 4.61. The number of carbonyl (C=O) groups is 2. The fraction of sp³-hybridized carbons (Fsp3) is 0.200. The van der Waals surface area contributed by atoms with Crippen LogP contribution in [-0.2, 0) is 11.2 Å². The van der Waals surface area contributed by atoms with E-state index in [-0.39, 0.29) is 18.2 Å². The molecule has 116 valence electrons. The van der Waals surface area contributed by atoms with Gasteiger partial charge in [0.2, 0.25) is 5.91 Å². The van der Waals surface area contributed by atoms with E-state index in [9.17, 15) is 9.59 Å². The maximum atomic E-state index is 12.2. The first-order chi connectivity index (χ1) is 10.6. The molecule has 2 rings (SSSR count). The van der Waals surface area contributed by atoms with Crippen LogP contribution in [0.1, 0.15) is 15.9 Å². The molecule has 2 aromatic rings. The van der Waals surface area contributed by atoms with Gasteiger partial charge in [0.25, 0.3) is 5.91 Å². The van der Waals surface area contributed by atoms with Crippen molar-refractivity contribution in [3.63, 3.8) is 0 Å². The van der Waals surface area contributed by atoms with Gasteiger partial charge in [-0.15, -0.1) is 11.3 Å². The molecule has 0 atom stereocenters. The van der Waals surface area contributed by atoms with Crippen molar-refractivity contribution in [2.24, 2.45) is 0 Å². The van der Waals surface area contributed by atoms with Crippen molar-refractivity contribution < 1.29 is 9.59 Å². The lowest BCUT2D eigenvalue weighted by atomic mass is 10.1. The second-order valence-corrected chi connectivity index (χ2v) is 5.49. The van der Waals surface area contributed by atoms with Crippen molar-refractivity contribution in [1.82, 2.24) is 5.32 Å². The van der Waals surface area contributed by atoms with Crippen LogP contribution in [0.5, 0.6) is 0 Å². The molecule has 1 heterocycles. The molecule has 0 unspecified atom stereocenters. The molecule has 0 radical (unpaired) electrons. The smallest absolute Gasteiger partial charge is 0.254 e. The Morgan fingerprint density at radius 1 is 1.23 bits per heavy atom. The molecule has 0 spiro atoms. The van der Waals surface area contributed by atoms with Gasteiger partial charge in [0, 0.05) is 14.1 Å². The largest absolute Gasteiger partial charge is 0.397 e. The Morgan fingerprint density at radius 2 is 1.95 bits per heavy atom. The summed E-state index contributed by atoms with van der Waals surface area (Å²) in [6, 6.07) is 7.05. The van der Waals surface area contributed by atoms with E-state index in [0.717, 1.165) is 5.00 Å². The Hall–Kier alpha value is -2.54. The van der Waals surface area contributed by atoms with E-state index in [0.29, 0.717) is 22.5 Å². The van der Waals surface area contributed by atoms with Crippen LogP contribution in [0.25, 0.3) is 0 Å². The van der Waals surface area contributed by atoms with Crippen molar-refractivity contribution in [3.8, 4) is 0 Å². The van der Waals surface area contributed by atoms with Crippen LogP contribution in [0.2, 0.25) is 0 Å². The molecule has 0 fully saturated rings. The number of thiophene rings is 1. The van der Waals surface area contributed by atoms with Crippen molar-refractivity contribution >= 4 is 39.5 Å². The summed E-state index contributed by atoms with van der Waals surface area (Å²) < 4.78 is 0. The Labute approximate surface area is 132 Å². The molecule has 22 heavy (non-hydrogen) atoms. The van der Waals surface area contributed by atoms with Crippen molar-refractivity contribution in [1.29, 1.82) is 0 Å². The van der Waals surface area contributed by atoms with E-state index < -0.39 is 0 Å². The molecule has 7 heteroatoms. The number of amides is 2. The highest BCUT2D eigenvalue weighted by Gasteiger charge is 2.19. The van der Waals surface area contributed by atoms with Crippen molar-refractivity contribution in [3.05, 3.63) is 40.8 Å². The number of nitrogen functional groups attached to an aromatic ring is 1. The van der Waals surface area contributed by atoms with E-state index in [4.69, 9.17) is 5.73 Å². The number of carbonyl (C=O) groups excluding carboxylic acids is 2. The average molecular weight is 318 g/mol. The zero-order valence-corrected chi connectivity index (χ0v) is 13.2. The highest BCUT2D eigenvalue weighted by atomic mass is 32.1. The highest BCUT2D eigenvalue weighted by Crippen LogP contribution is 2.28. The van der Waals surface area contributed by atoms with E-state index >= 15 is 0 Å². The molecule has 6 nitrogen and oxygen atoms in total. The molecule has 0 bridgehead atoms. The van der Waals surface area contributed by atoms with Crippen LogP contribution in [0, 0.1) is 0 Å². The minimum absolute atomic E-state index is 0.106. The lowest BCUT2D eigenvalue weighted by Crippen LogP contribution is -2.22. The van der Waals surface area contributed by atoms with Crippen LogP contribution >= 0.6 is 11.3 Å². The predicted octanol–water partition coefficient (Wildman–Crippen LogP) is 1.91. The van der Waals surface area contributed by atoms with Gasteiger partial charge in [0.15, 0.2) is 0 Å². The quantitative estimate of drug-likeness (QED) is 0.633. The normalized spacial score (nSPS) is 10.1. The summed E-state index contributed by atoms with van der Waals surface area (Å²) in [4.78, 5) is 24.2. The van der Waals surface area contributed by atoms with Gasteiger partial charge in [-0.05, 0) is 23.1 Å². The molecule has 0 saturated heterocycles. The van der Waals surface area contributed by atoms with Gasteiger partial charge in [-0.25, -0.2) is 0 Å². The van der Waals surface area contributed by atoms with Crippen LogP contribution in [0.3, 0.4) is 0 Å². The summed E-state index contributed by atoms with van der Waals surface area (Å²) in [5, 5.41) is 10.9. The minimum Gasteiger partial charge on any atom is -0.397 e. The number of rotatable bonds is 5. The number of nitrogens with two attached hydrogens (primary N) is 1. The fourth-order valence-corrected chi connectivity index (χ4v) is 2.98. The number of anilines is 3. The monoisotopic (exact) mass is 318 g/mol. The first-order valence-corrected chi connectivity index (χ1v) is 7.59. The van der Waals surface area contributed by atoms with E-state index in [1.54, 1.807) is 38.4 Å². The van der Waals surface area contributed by atoms with Gasteiger partial charge < -0.3 is 21.7 Å². The molecule has 5 N–H and O–H groups in total. The van der Waals surface area contributed by atoms with E-state index in [2.05, 4.69) is 16.0 Å². The van der Waals surface area contributed by atoms with Crippen LogP contribution in [0.15, 0.2) is 29.6 Å². The molecule has 2 amide bonds. The van der Waals surface area contributed by atoms with Crippen molar-refractivity contribution in [2.45, 2.75) is 6.42 Å². The van der Waals surface area contributed by atoms with Gasteiger partial charge in [-0.3, -0.25) is 9.59 Å². The summed E-state index contributed by atoms with van der Waals surface area (Å²) in [7, 11) is 3.31. The summed E-state index contributed by atoms with van der Waals surface area (Å²) in [6.07, 6.45) is 0.106. The molecule has 1 aromatic carbocycles. The summed E-state index contributed by atoms with van der Waals surface area (Å²) in [5.74, 6) is -0.434. The number of para-hydroxylation sites is 2. The average Bonchev–Trinajstić information content (AvgIpc) is 2.91. The molecular formula is C15H18N4O2S. The Bertz CT molecular complexity index is 697. The van der Waals surface area contributed by atoms with Gasteiger partial charge in [-0.1, -0.05) is 12.1 Å². The number of hydrogen-bond donors (Lipinski definition) is 4. The topological polar surface area (TPSA) is 96.2 Å². The zero-order chi connectivity index (χ0) is 16.1. The first-order valence-electron chi connectivity index (χ1n) is 6.71. The third-order valence-corrected chi connectivity index (χ3v) is 4.18. The molecule has 0 saturated carbocycles. The van der Waals surface area contributed by atoms with Crippen LogP contribution in [0.4, 0.5) is 16.4 Å². The predicted molar refractivity (Wildman–Crippen MR) is 90.4 cm³/mol. The fourth-order valence-electron chi connectivity index (χ4n) is 2.06. The first kappa shape index (κ1) is 15.8. The van der Waals surface area contributed by atoms with Gasteiger partial charge in [0.05, 0.1) is 23.4 Å².